The van der Waals surface area contributed by atoms with Crippen molar-refractivity contribution in [1.29, 1.82) is 0 Å². The van der Waals surface area contributed by atoms with Gasteiger partial charge in [0, 0.05) is 29.3 Å². The lowest BCUT2D eigenvalue weighted by Gasteiger charge is -2.22. The molecule has 1 unspecified atom stereocenters. The molecule has 2 aliphatic carbocycles. The summed E-state index contributed by atoms with van der Waals surface area (Å²) in [6.45, 7) is 0.745. The highest BCUT2D eigenvalue weighted by Crippen LogP contribution is 2.39. The minimum Gasteiger partial charge on any atom is -0.360 e. The molecule has 2 N–H and O–H groups in total. The van der Waals surface area contributed by atoms with E-state index in [1.807, 2.05) is 6.20 Å². The Morgan fingerprint density at radius 2 is 2.32 bits per heavy atom. The summed E-state index contributed by atoms with van der Waals surface area (Å²) in [5, 5.41) is 14.9. The van der Waals surface area contributed by atoms with Crippen LogP contribution in [0.2, 0.25) is 0 Å². The first-order valence-corrected chi connectivity index (χ1v) is 7.11. The van der Waals surface area contributed by atoms with Crippen molar-refractivity contribution < 1.29 is 4.52 Å². The minimum absolute atomic E-state index is 0.386. The Hall–Kier alpha value is -1.62. The monoisotopic (exact) mass is 258 g/mol. The topological polar surface area (TPSA) is 66.7 Å². The van der Waals surface area contributed by atoms with E-state index in [0.717, 1.165) is 30.8 Å². The number of aromatic amines is 1. The first-order valence-electron chi connectivity index (χ1n) is 7.11. The van der Waals surface area contributed by atoms with Crippen LogP contribution in [0.15, 0.2) is 16.8 Å². The molecule has 0 spiro atoms. The maximum atomic E-state index is 5.39. The smallest absolute Gasteiger partial charge is 0.150 e. The number of nitrogens with one attached hydrogen (secondary N) is 2. The molecule has 0 saturated heterocycles. The number of fused-ring (bicyclic) bond motifs is 1. The van der Waals surface area contributed by atoms with Gasteiger partial charge >= 0.3 is 0 Å². The number of H-pyrrole nitrogens is 1. The van der Waals surface area contributed by atoms with Crippen LogP contribution in [-0.2, 0) is 13.0 Å². The normalized spacial score (nSPS) is 22.4. The second-order valence-electron chi connectivity index (χ2n) is 5.62. The van der Waals surface area contributed by atoms with Crippen LogP contribution in [0, 0.1) is 0 Å². The average molecular weight is 258 g/mol. The summed E-state index contributed by atoms with van der Waals surface area (Å²) < 4.78 is 5.39. The Kier molecular flexibility index (Phi) is 2.65. The van der Waals surface area contributed by atoms with Crippen LogP contribution in [-0.4, -0.2) is 15.4 Å². The maximum Gasteiger partial charge on any atom is 0.150 e. The van der Waals surface area contributed by atoms with E-state index in [-0.39, 0.29) is 0 Å². The minimum atomic E-state index is 0.386. The summed E-state index contributed by atoms with van der Waals surface area (Å²) in [5.41, 5.74) is 3.72. The van der Waals surface area contributed by atoms with Crippen LogP contribution in [0.3, 0.4) is 0 Å². The van der Waals surface area contributed by atoms with E-state index in [0.29, 0.717) is 12.0 Å². The number of nitrogens with zero attached hydrogens (tertiary/aromatic N) is 2. The van der Waals surface area contributed by atoms with Crippen molar-refractivity contribution in [2.75, 3.05) is 0 Å². The van der Waals surface area contributed by atoms with E-state index in [2.05, 4.69) is 26.7 Å². The van der Waals surface area contributed by atoms with Gasteiger partial charge in [-0.05, 0) is 32.1 Å². The lowest BCUT2D eigenvalue weighted by Crippen LogP contribution is -2.24. The highest BCUT2D eigenvalue weighted by molar-refractivity contribution is 5.23. The number of rotatable bonds is 4. The fourth-order valence-electron chi connectivity index (χ4n) is 2.88. The third kappa shape index (κ3) is 2.18. The van der Waals surface area contributed by atoms with Gasteiger partial charge in [-0.1, -0.05) is 5.16 Å². The van der Waals surface area contributed by atoms with E-state index in [1.54, 1.807) is 0 Å². The fraction of sp³-hybridized carbons (Fsp3) is 0.571. The van der Waals surface area contributed by atoms with Crippen molar-refractivity contribution in [3.05, 3.63) is 35.0 Å². The summed E-state index contributed by atoms with van der Waals surface area (Å²) in [6, 6.07) is 2.49. The molecule has 4 rings (SSSR count). The number of hydrogen-bond acceptors (Lipinski definition) is 4. The molecule has 0 radical (unpaired) electrons. The molecule has 2 heterocycles. The predicted molar refractivity (Wildman–Crippen MR) is 69.6 cm³/mol. The molecule has 0 aliphatic heterocycles. The van der Waals surface area contributed by atoms with Gasteiger partial charge in [0.15, 0.2) is 5.76 Å². The van der Waals surface area contributed by atoms with Gasteiger partial charge in [0.25, 0.3) is 0 Å². The van der Waals surface area contributed by atoms with E-state index in [1.165, 1.54) is 30.5 Å². The van der Waals surface area contributed by atoms with Crippen molar-refractivity contribution in [1.82, 2.24) is 20.7 Å². The lowest BCUT2D eigenvalue weighted by molar-refractivity contribution is 0.351. The zero-order valence-electron chi connectivity index (χ0n) is 10.9. The van der Waals surface area contributed by atoms with Gasteiger partial charge in [0.1, 0.15) is 0 Å². The number of aromatic nitrogens is 3. The molecule has 5 nitrogen and oxygen atoms in total. The molecular weight excluding hydrogens is 240 g/mol. The Morgan fingerprint density at radius 1 is 1.37 bits per heavy atom. The van der Waals surface area contributed by atoms with Gasteiger partial charge in [0.05, 0.1) is 18.4 Å². The van der Waals surface area contributed by atoms with Crippen molar-refractivity contribution in [3.63, 3.8) is 0 Å². The average Bonchev–Trinajstić information content (AvgIpc) is 3.00. The third-order valence-corrected chi connectivity index (χ3v) is 4.14. The molecule has 0 amide bonds. The van der Waals surface area contributed by atoms with Crippen molar-refractivity contribution >= 4 is 0 Å². The van der Waals surface area contributed by atoms with E-state index < -0.39 is 0 Å². The standard InChI is InChI=1S/C14H18N4O/c1-2-12(11-8-16-17-13(11)3-1)15-7-10-6-14(18-19-10)9-4-5-9/h6,8-9,12,15H,1-5,7H2,(H,16,17). The van der Waals surface area contributed by atoms with Crippen molar-refractivity contribution in [2.45, 2.75) is 50.6 Å². The van der Waals surface area contributed by atoms with Gasteiger partial charge in [-0.3, -0.25) is 5.10 Å². The summed E-state index contributed by atoms with van der Waals surface area (Å²) in [4.78, 5) is 0. The molecule has 100 valence electrons. The second-order valence-corrected chi connectivity index (χ2v) is 5.62. The van der Waals surface area contributed by atoms with Gasteiger partial charge < -0.3 is 9.84 Å². The molecule has 2 aliphatic rings. The van der Waals surface area contributed by atoms with Gasteiger partial charge in [0.2, 0.25) is 0 Å². The second kappa shape index (κ2) is 4.49. The number of hydrogen-bond donors (Lipinski definition) is 2. The molecule has 2 aromatic heterocycles. The summed E-state index contributed by atoms with van der Waals surface area (Å²) in [5.74, 6) is 1.60. The van der Waals surface area contributed by atoms with Crippen LogP contribution in [0.25, 0.3) is 0 Å². The van der Waals surface area contributed by atoms with Gasteiger partial charge in [-0.25, -0.2) is 0 Å². The van der Waals surface area contributed by atoms with Crippen LogP contribution in [0.5, 0.6) is 0 Å². The van der Waals surface area contributed by atoms with Crippen LogP contribution in [0.1, 0.15) is 60.4 Å². The molecule has 1 saturated carbocycles. The van der Waals surface area contributed by atoms with Gasteiger partial charge in [-0.15, -0.1) is 0 Å². The Morgan fingerprint density at radius 3 is 3.21 bits per heavy atom. The first kappa shape index (κ1) is 11.2. The zero-order valence-corrected chi connectivity index (χ0v) is 10.9. The van der Waals surface area contributed by atoms with Gasteiger partial charge in [-0.2, -0.15) is 5.10 Å². The van der Waals surface area contributed by atoms with E-state index >= 15 is 0 Å². The van der Waals surface area contributed by atoms with E-state index in [9.17, 15) is 0 Å². The summed E-state index contributed by atoms with van der Waals surface area (Å²) in [6.07, 6.45) is 7.96. The van der Waals surface area contributed by atoms with Crippen LogP contribution < -0.4 is 5.32 Å². The van der Waals surface area contributed by atoms with Crippen molar-refractivity contribution in [2.24, 2.45) is 0 Å². The lowest BCUT2D eigenvalue weighted by atomic mass is 9.93. The largest absolute Gasteiger partial charge is 0.360 e. The Labute approximate surface area is 111 Å². The molecular formula is C14H18N4O. The highest BCUT2D eigenvalue weighted by Gasteiger charge is 2.27. The molecule has 0 bridgehead atoms. The van der Waals surface area contributed by atoms with E-state index in [4.69, 9.17) is 4.52 Å². The predicted octanol–water partition coefficient (Wildman–Crippen LogP) is 2.44. The Balaban J connectivity index is 1.42. The first-order chi connectivity index (χ1) is 9.40. The maximum absolute atomic E-state index is 5.39. The molecule has 1 fully saturated rings. The highest BCUT2D eigenvalue weighted by atomic mass is 16.5. The molecule has 2 aromatic rings. The third-order valence-electron chi connectivity index (χ3n) is 4.14. The van der Waals surface area contributed by atoms with Crippen LogP contribution in [0.4, 0.5) is 0 Å². The molecule has 1 atom stereocenters. The zero-order chi connectivity index (χ0) is 12.7. The molecule has 19 heavy (non-hydrogen) atoms. The molecule has 0 aromatic carbocycles. The summed E-state index contributed by atoms with van der Waals surface area (Å²) in [7, 11) is 0. The fourth-order valence-corrected chi connectivity index (χ4v) is 2.88. The summed E-state index contributed by atoms with van der Waals surface area (Å²) >= 11 is 0. The SMILES string of the molecule is c1c(C2CC2)noc1CNC1CCCc2[nH]ncc21. The molecule has 5 heteroatoms. The van der Waals surface area contributed by atoms with Crippen molar-refractivity contribution in [3.8, 4) is 0 Å². The quantitative estimate of drug-likeness (QED) is 0.884. The number of aryl methyl sites for hydroxylation is 1. The Bertz CT molecular complexity index is 570. The van der Waals surface area contributed by atoms with Crippen LogP contribution >= 0.6 is 0 Å².